The van der Waals surface area contributed by atoms with Gasteiger partial charge in [0.1, 0.15) is 0 Å². The summed E-state index contributed by atoms with van der Waals surface area (Å²) in [7, 11) is 0. The normalized spacial score (nSPS) is 20.7. The maximum absolute atomic E-state index is 12.3. The van der Waals surface area contributed by atoms with Crippen molar-refractivity contribution in [1.82, 2.24) is 9.88 Å². The molecule has 0 bridgehead atoms. The molecule has 3 atom stereocenters. The summed E-state index contributed by atoms with van der Waals surface area (Å²) in [6.45, 7) is 1.52. The number of benzene rings is 1. The van der Waals surface area contributed by atoms with Crippen molar-refractivity contribution in [3.8, 4) is 0 Å². The molecular formula is C21H18N3NaO5. The Labute approximate surface area is 194 Å². The van der Waals surface area contributed by atoms with Crippen molar-refractivity contribution in [1.29, 1.82) is 0 Å². The van der Waals surface area contributed by atoms with E-state index in [1.165, 1.54) is 24.2 Å². The molecule has 0 saturated carbocycles. The number of β-lactam (4-membered cyclic amide) rings is 1. The fourth-order valence-electron chi connectivity index (χ4n) is 3.98. The van der Waals surface area contributed by atoms with Gasteiger partial charge in [-0.25, -0.2) is 0 Å². The Bertz CT molecular complexity index is 1020. The van der Waals surface area contributed by atoms with E-state index in [-0.39, 0.29) is 47.2 Å². The van der Waals surface area contributed by atoms with E-state index in [0.29, 0.717) is 28.8 Å². The van der Waals surface area contributed by atoms with Crippen LogP contribution in [-0.2, 0) is 9.59 Å². The maximum Gasteiger partial charge on any atom is 1.00 e. The van der Waals surface area contributed by atoms with Crippen LogP contribution >= 0.6 is 0 Å². The van der Waals surface area contributed by atoms with Gasteiger partial charge in [-0.15, -0.1) is 0 Å². The molecular weight excluding hydrogens is 397 g/mol. The van der Waals surface area contributed by atoms with Gasteiger partial charge in [0.15, 0.2) is 0 Å². The van der Waals surface area contributed by atoms with Crippen LogP contribution in [0.15, 0.2) is 54.5 Å². The van der Waals surface area contributed by atoms with E-state index in [1.807, 2.05) is 0 Å². The zero-order chi connectivity index (χ0) is 20.7. The maximum atomic E-state index is 12.3. The number of aliphatic hydroxyl groups excluding tert-OH is 1. The Morgan fingerprint density at radius 2 is 1.83 bits per heavy atom. The third kappa shape index (κ3) is 3.79. The molecule has 4 rings (SSSR count). The number of carboxylic acid groups (broad SMARTS) is 1. The molecule has 0 spiro atoms. The average Bonchev–Trinajstić information content (AvgIpc) is 3.04. The summed E-state index contributed by atoms with van der Waals surface area (Å²) >= 11 is 0. The molecule has 9 heteroatoms. The summed E-state index contributed by atoms with van der Waals surface area (Å²) in [5, 5.41) is 24.3. The van der Waals surface area contributed by atoms with Crippen molar-refractivity contribution in [3.63, 3.8) is 0 Å². The van der Waals surface area contributed by atoms with Crippen LogP contribution in [-0.4, -0.2) is 44.9 Å². The van der Waals surface area contributed by atoms with Crippen LogP contribution in [0, 0.1) is 5.92 Å². The number of nitrogens with zero attached hydrogens (tertiary/aromatic N) is 2. The van der Waals surface area contributed by atoms with Gasteiger partial charge in [-0.05, 0) is 48.7 Å². The number of nitrogens with one attached hydrogen (secondary N) is 1. The zero-order valence-corrected chi connectivity index (χ0v) is 18.5. The van der Waals surface area contributed by atoms with Gasteiger partial charge in [0.25, 0.3) is 5.91 Å². The number of hydrogen-bond donors (Lipinski definition) is 2. The van der Waals surface area contributed by atoms with Crippen molar-refractivity contribution in [2.45, 2.75) is 25.5 Å². The summed E-state index contributed by atoms with van der Waals surface area (Å²) in [6.07, 6.45) is 2.53. The largest absolute Gasteiger partial charge is 1.00 e. The quantitative estimate of drug-likeness (QED) is 0.408. The molecule has 1 fully saturated rings. The van der Waals surface area contributed by atoms with Gasteiger partial charge in [0.2, 0.25) is 5.91 Å². The molecule has 3 heterocycles. The number of hydrogen-bond acceptors (Lipinski definition) is 6. The molecule has 1 aromatic heterocycles. The topological polar surface area (TPSA) is 123 Å². The number of carbonyl (C=O) groups excluding carboxylic acids is 3. The summed E-state index contributed by atoms with van der Waals surface area (Å²) < 4.78 is 0. The van der Waals surface area contributed by atoms with Crippen LogP contribution in [0.25, 0.3) is 5.57 Å². The summed E-state index contributed by atoms with van der Waals surface area (Å²) in [5.74, 6) is -2.72. The van der Waals surface area contributed by atoms with Crippen molar-refractivity contribution >= 4 is 29.0 Å². The van der Waals surface area contributed by atoms with Gasteiger partial charge < -0.3 is 25.2 Å². The van der Waals surface area contributed by atoms with Crippen LogP contribution in [0.3, 0.4) is 0 Å². The molecule has 148 valence electrons. The van der Waals surface area contributed by atoms with Crippen LogP contribution in [0.4, 0.5) is 5.69 Å². The van der Waals surface area contributed by atoms with Gasteiger partial charge in [0, 0.05) is 23.6 Å². The van der Waals surface area contributed by atoms with Crippen LogP contribution in [0.2, 0.25) is 0 Å². The SMILES string of the molecule is C[C@@H](O)[C@H]1C(=O)N2C(C(=O)[O-])=C(c3ccc(NC(=O)c4ccncc4)cc3)C[C@H]12.[Na+]. The molecule has 2 aliphatic rings. The number of rotatable bonds is 5. The molecule has 0 radical (unpaired) electrons. The number of fused-ring (bicyclic) bond motifs is 1. The number of amides is 2. The Balaban J connectivity index is 0.00000256. The second-order valence-electron chi connectivity index (χ2n) is 7.13. The first kappa shape index (κ1) is 22.2. The average molecular weight is 415 g/mol. The third-order valence-electron chi connectivity index (χ3n) is 5.36. The monoisotopic (exact) mass is 415 g/mol. The fourth-order valence-corrected chi connectivity index (χ4v) is 3.98. The Kier molecular flexibility index (Phi) is 6.42. The molecule has 0 aliphatic carbocycles. The molecule has 2 aromatic rings. The number of anilines is 1. The molecule has 2 aliphatic heterocycles. The van der Waals surface area contributed by atoms with Gasteiger partial charge >= 0.3 is 29.6 Å². The van der Waals surface area contributed by atoms with Crippen molar-refractivity contribution in [3.05, 3.63) is 65.6 Å². The Hall–Kier alpha value is -2.52. The van der Waals surface area contributed by atoms with E-state index >= 15 is 0 Å². The standard InChI is InChI=1S/C21H19N3O5.Na/c1-11(25)17-16-10-15(18(21(28)29)24(16)20(17)27)12-2-4-14(5-3-12)23-19(26)13-6-8-22-9-7-13;/h2-9,11,16-17,25H,10H2,1H3,(H,23,26)(H,28,29);/q;+1/p-1/t11-,16-,17-;/m1./s1. The second kappa shape index (κ2) is 8.69. The number of aliphatic hydroxyl groups is 1. The minimum Gasteiger partial charge on any atom is -0.543 e. The predicted molar refractivity (Wildman–Crippen MR) is 101 cm³/mol. The second-order valence-corrected chi connectivity index (χ2v) is 7.13. The smallest absolute Gasteiger partial charge is 0.543 e. The van der Waals surface area contributed by atoms with Gasteiger partial charge in [-0.2, -0.15) is 0 Å². The molecule has 2 N–H and O–H groups in total. The van der Waals surface area contributed by atoms with Crippen LogP contribution < -0.4 is 40.0 Å². The van der Waals surface area contributed by atoms with Crippen LogP contribution in [0.1, 0.15) is 29.3 Å². The van der Waals surface area contributed by atoms with Gasteiger partial charge in [-0.1, -0.05) is 12.1 Å². The number of carbonyl (C=O) groups is 3. The number of pyridine rings is 1. The van der Waals surface area contributed by atoms with E-state index < -0.39 is 23.9 Å². The van der Waals surface area contributed by atoms with Crippen molar-refractivity contribution < 1.29 is 54.2 Å². The van der Waals surface area contributed by atoms with Crippen molar-refractivity contribution in [2.75, 3.05) is 5.32 Å². The molecule has 30 heavy (non-hydrogen) atoms. The van der Waals surface area contributed by atoms with E-state index in [2.05, 4.69) is 10.3 Å². The summed E-state index contributed by atoms with van der Waals surface area (Å²) in [5.41, 5.74) is 1.97. The fraction of sp³-hybridized carbons (Fsp3) is 0.238. The van der Waals surface area contributed by atoms with E-state index in [4.69, 9.17) is 0 Å². The van der Waals surface area contributed by atoms with Crippen molar-refractivity contribution in [2.24, 2.45) is 5.92 Å². The molecule has 0 unspecified atom stereocenters. The van der Waals surface area contributed by atoms with Gasteiger partial charge in [0.05, 0.1) is 29.7 Å². The molecule has 8 nitrogen and oxygen atoms in total. The Morgan fingerprint density at radius 1 is 1.20 bits per heavy atom. The molecule has 1 saturated heterocycles. The minimum absolute atomic E-state index is 0. The molecule has 1 aromatic carbocycles. The minimum atomic E-state index is -1.42. The number of aliphatic carboxylic acids is 1. The first-order chi connectivity index (χ1) is 13.9. The molecule has 2 amide bonds. The Morgan fingerprint density at radius 3 is 2.40 bits per heavy atom. The van der Waals surface area contributed by atoms with Gasteiger partial charge in [-0.3, -0.25) is 14.6 Å². The number of carboxylic acids is 1. The van der Waals surface area contributed by atoms with Crippen LogP contribution in [0.5, 0.6) is 0 Å². The first-order valence-electron chi connectivity index (χ1n) is 9.16. The predicted octanol–water partition coefficient (Wildman–Crippen LogP) is -2.59. The third-order valence-corrected chi connectivity index (χ3v) is 5.36. The zero-order valence-electron chi connectivity index (χ0n) is 16.5. The van der Waals surface area contributed by atoms with E-state index in [9.17, 15) is 24.6 Å². The first-order valence-corrected chi connectivity index (χ1v) is 9.16. The summed E-state index contributed by atoms with van der Waals surface area (Å²) in [4.78, 5) is 41.3. The van der Waals surface area contributed by atoms with E-state index in [0.717, 1.165) is 0 Å². The summed E-state index contributed by atoms with van der Waals surface area (Å²) in [6, 6.07) is 9.52. The number of aromatic nitrogens is 1. The van der Waals surface area contributed by atoms with E-state index in [1.54, 1.807) is 36.4 Å².